The van der Waals surface area contributed by atoms with Gasteiger partial charge in [0.25, 0.3) is 0 Å². The zero-order chi connectivity index (χ0) is 10.0. The summed E-state index contributed by atoms with van der Waals surface area (Å²) >= 11 is 8.99. The van der Waals surface area contributed by atoms with Gasteiger partial charge in [-0.25, -0.2) is 4.79 Å². The molecule has 0 fully saturated rings. The van der Waals surface area contributed by atoms with Gasteiger partial charge in [-0.05, 0) is 12.1 Å². The number of rotatable bonds is 2. The summed E-state index contributed by atoms with van der Waals surface area (Å²) in [4.78, 5) is 10.8. The number of benzene rings is 1. The van der Waals surface area contributed by atoms with Gasteiger partial charge in [0.05, 0.1) is 16.3 Å². The Balaban J connectivity index is 3.38. The summed E-state index contributed by atoms with van der Waals surface area (Å²) in [5, 5.41) is 11.9. The Bertz CT molecular complexity index is 354. The largest absolute Gasteiger partial charge is 0.478 e. The van der Waals surface area contributed by atoms with Crippen molar-refractivity contribution >= 4 is 39.2 Å². The standard InChI is InChI=1S/C8H7BrClNO2/c1-11-7-5(8(12)13)2-4(9)3-6(7)10/h2-3,11H,1H3,(H,12,13). The van der Waals surface area contributed by atoms with E-state index in [0.29, 0.717) is 15.2 Å². The zero-order valence-electron chi connectivity index (χ0n) is 6.77. The van der Waals surface area contributed by atoms with Gasteiger partial charge in [-0.1, -0.05) is 27.5 Å². The van der Waals surface area contributed by atoms with Crippen LogP contribution >= 0.6 is 27.5 Å². The number of hydrogen-bond acceptors (Lipinski definition) is 2. The van der Waals surface area contributed by atoms with Crippen LogP contribution in [0.3, 0.4) is 0 Å². The van der Waals surface area contributed by atoms with Crippen molar-refractivity contribution in [1.82, 2.24) is 0 Å². The van der Waals surface area contributed by atoms with Crippen molar-refractivity contribution in [1.29, 1.82) is 0 Å². The van der Waals surface area contributed by atoms with Crippen molar-refractivity contribution in [3.05, 3.63) is 27.2 Å². The fourth-order valence-electron chi connectivity index (χ4n) is 0.996. The second-order valence-electron chi connectivity index (χ2n) is 2.37. The summed E-state index contributed by atoms with van der Waals surface area (Å²) in [6, 6.07) is 3.14. The highest BCUT2D eigenvalue weighted by Crippen LogP contribution is 2.29. The molecule has 0 aliphatic heterocycles. The number of carboxylic acid groups (broad SMARTS) is 1. The molecule has 0 bridgehead atoms. The molecule has 0 saturated heterocycles. The molecule has 2 N–H and O–H groups in total. The number of anilines is 1. The molecule has 0 amide bonds. The van der Waals surface area contributed by atoms with Crippen LogP contribution < -0.4 is 5.32 Å². The van der Waals surface area contributed by atoms with Gasteiger partial charge in [0.2, 0.25) is 0 Å². The van der Waals surface area contributed by atoms with Crippen LogP contribution in [0.1, 0.15) is 10.4 Å². The van der Waals surface area contributed by atoms with E-state index in [0.717, 1.165) is 0 Å². The molecule has 70 valence electrons. The fourth-order valence-corrected chi connectivity index (χ4v) is 1.90. The van der Waals surface area contributed by atoms with Crippen LogP contribution in [-0.4, -0.2) is 18.1 Å². The Hall–Kier alpha value is -0.740. The number of carbonyl (C=O) groups is 1. The minimum absolute atomic E-state index is 0.155. The van der Waals surface area contributed by atoms with Crippen LogP contribution in [0.25, 0.3) is 0 Å². The topological polar surface area (TPSA) is 49.3 Å². The molecule has 0 heterocycles. The molecule has 1 aromatic rings. The Morgan fingerprint density at radius 1 is 1.62 bits per heavy atom. The SMILES string of the molecule is CNc1c(Cl)cc(Br)cc1C(=O)O. The lowest BCUT2D eigenvalue weighted by molar-refractivity contribution is 0.0698. The van der Waals surface area contributed by atoms with Crippen molar-refractivity contribution in [2.75, 3.05) is 12.4 Å². The van der Waals surface area contributed by atoms with E-state index in [2.05, 4.69) is 21.2 Å². The first-order chi connectivity index (χ1) is 6.06. The van der Waals surface area contributed by atoms with Gasteiger partial charge in [0.15, 0.2) is 0 Å². The molecule has 0 unspecified atom stereocenters. The maximum atomic E-state index is 10.8. The molecule has 5 heteroatoms. The van der Waals surface area contributed by atoms with Crippen LogP contribution in [0.2, 0.25) is 5.02 Å². The Labute approximate surface area is 88.8 Å². The number of aromatic carboxylic acids is 1. The van der Waals surface area contributed by atoms with Gasteiger partial charge < -0.3 is 10.4 Å². The first kappa shape index (κ1) is 10.3. The van der Waals surface area contributed by atoms with Crippen molar-refractivity contribution in [2.45, 2.75) is 0 Å². The Morgan fingerprint density at radius 2 is 2.23 bits per heavy atom. The molecule has 0 aliphatic carbocycles. The minimum Gasteiger partial charge on any atom is -0.478 e. The van der Waals surface area contributed by atoms with E-state index in [-0.39, 0.29) is 5.56 Å². The monoisotopic (exact) mass is 263 g/mol. The lowest BCUT2D eigenvalue weighted by Gasteiger charge is -2.07. The highest BCUT2D eigenvalue weighted by atomic mass is 79.9. The smallest absolute Gasteiger partial charge is 0.337 e. The molecule has 1 aromatic carbocycles. The zero-order valence-corrected chi connectivity index (χ0v) is 9.11. The van der Waals surface area contributed by atoms with Crippen molar-refractivity contribution in [2.24, 2.45) is 0 Å². The van der Waals surface area contributed by atoms with Crippen LogP contribution in [0.15, 0.2) is 16.6 Å². The van der Waals surface area contributed by atoms with Gasteiger partial charge in [0.1, 0.15) is 0 Å². The third-order valence-electron chi connectivity index (χ3n) is 1.54. The van der Waals surface area contributed by atoms with E-state index in [1.165, 1.54) is 6.07 Å². The molecule has 1 rings (SSSR count). The summed E-state index contributed by atoms with van der Waals surface area (Å²) in [6.45, 7) is 0. The molecule has 13 heavy (non-hydrogen) atoms. The molecule has 0 aromatic heterocycles. The second kappa shape index (κ2) is 3.98. The van der Waals surface area contributed by atoms with Crippen molar-refractivity contribution in [3.63, 3.8) is 0 Å². The second-order valence-corrected chi connectivity index (χ2v) is 3.69. The summed E-state index contributed by atoms with van der Waals surface area (Å²) in [5.74, 6) is -1.01. The fraction of sp³-hybridized carbons (Fsp3) is 0.125. The molecule has 0 radical (unpaired) electrons. The molecule has 0 atom stereocenters. The van der Waals surface area contributed by atoms with Crippen LogP contribution in [0, 0.1) is 0 Å². The third kappa shape index (κ3) is 2.14. The van der Waals surface area contributed by atoms with Gasteiger partial charge in [-0.15, -0.1) is 0 Å². The first-order valence-corrected chi connectivity index (χ1v) is 4.63. The summed E-state index contributed by atoms with van der Waals surface area (Å²) in [5.41, 5.74) is 0.583. The van der Waals surface area contributed by atoms with E-state index < -0.39 is 5.97 Å². The van der Waals surface area contributed by atoms with E-state index in [9.17, 15) is 4.79 Å². The number of nitrogens with one attached hydrogen (secondary N) is 1. The predicted molar refractivity (Wildman–Crippen MR) is 55.7 cm³/mol. The van der Waals surface area contributed by atoms with E-state index in [1.54, 1.807) is 13.1 Å². The molecule has 0 spiro atoms. The third-order valence-corrected chi connectivity index (χ3v) is 2.29. The van der Waals surface area contributed by atoms with Crippen molar-refractivity contribution < 1.29 is 9.90 Å². The molecule has 0 aliphatic rings. The highest BCUT2D eigenvalue weighted by molar-refractivity contribution is 9.10. The van der Waals surface area contributed by atoms with Crippen molar-refractivity contribution in [3.8, 4) is 0 Å². The lowest BCUT2D eigenvalue weighted by atomic mass is 10.2. The number of halogens is 2. The van der Waals surface area contributed by atoms with Gasteiger partial charge in [0, 0.05) is 11.5 Å². The van der Waals surface area contributed by atoms with Crippen LogP contribution in [-0.2, 0) is 0 Å². The normalized spacial score (nSPS) is 9.77. The first-order valence-electron chi connectivity index (χ1n) is 3.46. The van der Waals surface area contributed by atoms with Gasteiger partial charge >= 0.3 is 5.97 Å². The van der Waals surface area contributed by atoms with E-state index in [1.807, 2.05) is 0 Å². The predicted octanol–water partition coefficient (Wildman–Crippen LogP) is 2.84. The molecular formula is C8H7BrClNO2. The van der Waals surface area contributed by atoms with E-state index in [4.69, 9.17) is 16.7 Å². The molecule has 3 nitrogen and oxygen atoms in total. The van der Waals surface area contributed by atoms with Gasteiger partial charge in [-0.2, -0.15) is 0 Å². The Kier molecular flexibility index (Phi) is 3.17. The quantitative estimate of drug-likeness (QED) is 0.863. The molecule has 0 saturated carbocycles. The number of carboxylic acids is 1. The summed E-state index contributed by atoms with van der Waals surface area (Å²) < 4.78 is 0.647. The van der Waals surface area contributed by atoms with Crippen LogP contribution in [0.5, 0.6) is 0 Å². The lowest BCUT2D eigenvalue weighted by Crippen LogP contribution is -2.03. The van der Waals surface area contributed by atoms with E-state index >= 15 is 0 Å². The average Bonchev–Trinajstić information content (AvgIpc) is 2.02. The summed E-state index contributed by atoms with van der Waals surface area (Å²) in [6.07, 6.45) is 0. The Morgan fingerprint density at radius 3 is 2.69 bits per heavy atom. The number of hydrogen-bond donors (Lipinski definition) is 2. The minimum atomic E-state index is -1.01. The molecular weight excluding hydrogens is 257 g/mol. The average molecular weight is 265 g/mol. The maximum Gasteiger partial charge on any atom is 0.337 e. The summed E-state index contributed by atoms with van der Waals surface area (Å²) in [7, 11) is 1.63. The highest BCUT2D eigenvalue weighted by Gasteiger charge is 2.13. The van der Waals surface area contributed by atoms with Gasteiger partial charge in [-0.3, -0.25) is 0 Å². The maximum absolute atomic E-state index is 10.8. The van der Waals surface area contributed by atoms with Crippen LogP contribution in [0.4, 0.5) is 5.69 Å².